The second-order valence-corrected chi connectivity index (χ2v) is 5.14. The largest absolute Gasteiger partial charge is 0.493 e. The van der Waals surface area contributed by atoms with Gasteiger partial charge in [0.05, 0.1) is 19.9 Å². The van der Waals surface area contributed by atoms with Crippen molar-refractivity contribution in [3.63, 3.8) is 0 Å². The van der Waals surface area contributed by atoms with Crippen LogP contribution in [0.3, 0.4) is 0 Å². The first kappa shape index (κ1) is 12.7. The van der Waals surface area contributed by atoms with Gasteiger partial charge in [0.15, 0.2) is 11.5 Å². The summed E-state index contributed by atoms with van der Waals surface area (Å²) in [6.07, 6.45) is 0.653. The number of oxime groups is 1. The van der Waals surface area contributed by atoms with Crippen molar-refractivity contribution in [2.45, 2.75) is 13.3 Å². The summed E-state index contributed by atoms with van der Waals surface area (Å²) in [7, 11) is 3.25. The zero-order valence-electron chi connectivity index (χ0n) is 10.6. The number of hydrogen-bond donors (Lipinski definition) is 1. The molecule has 2 aromatic rings. The lowest BCUT2D eigenvalue weighted by Crippen LogP contribution is -1.94. The lowest BCUT2D eigenvalue weighted by atomic mass is 10.2. The third-order valence-electron chi connectivity index (χ3n) is 2.67. The first-order valence-corrected chi connectivity index (χ1v) is 6.31. The molecule has 0 bridgehead atoms. The zero-order valence-corrected chi connectivity index (χ0v) is 11.4. The van der Waals surface area contributed by atoms with Gasteiger partial charge in [0.1, 0.15) is 0 Å². The van der Waals surface area contributed by atoms with E-state index in [9.17, 15) is 0 Å². The molecule has 1 aromatic heterocycles. The van der Waals surface area contributed by atoms with E-state index in [0.29, 0.717) is 12.1 Å². The molecule has 0 amide bonds. The van der Waals surface area contributed by atoms with Crippen LogP contribution >= 0.6 is 11.3 Å². The highest BCUT2D eigenvalue weighted by molar-refractivity contribution is 7.19. The maximum absolute atomic E-state index is 8.69. The van der Waals surface area contributed by atoms with Crippen LogP contribution in [0.15, 0.2) is 23.4 Å². The van der Waals surface area contributed by atoms with Crippen LogP contribution in [-0.2, 0) is 6.42 Å². The van der Waals surface area contributed by atoms with E-state index in [-0.39, 0.29) is 0 Å². The van der Waals surface area contributed by atoms with Gasteiger partial charge < -0.3 is 14.7 Å². The molecule has 0 radical (unpaired) electrons. The van der Waals surface area contributed by atoms with E-state index in [0.717, 1.165) is 26.5 Å². The molecular weight excluding hydrogens is 250 g/mol. The Balaban J connectivity index is 2.44. The van der Waals surface area contributed by atoms with Crippen LogP contribution in [0, 0.1) is 0 Å². The summed E-state index contributed by atoms with van der Waals surface area (Å²) in [6.45, 7) is 1.80. The SMILES string of the molecule is COc1cc2cc(C/C(C)=N/O)sc2cc1OC. The van der Waals surface area contributed by atoms with Crippen LogP contribution in [-0.4, -0.2) is 25.1 Å². The highest BCUT2D eigenvalue weighted by atomic mass is 32.1. The van der Waals surface area contributed by atoms with Gasteiger partial charge in [-0.3, -0.25) is 0 Å². The molecule has 1 heterocycles. The Morgan fingerprint density at radius 2 is 1.89 bits per heavy atom. The summed E-state index contributed by atoms with van der Waals surface area (Å²) in [5.41, 5.74) is 0.695. The molecule has 0 saturated heterocycles. The van der Waals surface area contributed by atoms with Gasteiger partial charge in [0.2, 0.25) is 0 Å². The number of methoxy groups -OCH3 is 2. The fraction of sp³-hybridized carbons (Fsp3) is 0.308. The number of benzene rings is 1. The van der Waals surface area contributed by atoms with Crippen LogP contribution in [0.1, 0.15) is 11.8 Å². The Morgan fingerprint density at radius 1 is 1.22 bits per heavy atom. The quantitative estimate of drug-likeness (QED) is 0.524. The molecule has 4 nitrogen and oxygen atoms in total. The summed E-state index contributed by atoms with van der Waals surface area (Å²) >= 11 is 1.66. The van der Waals surface area contributed by atoms with E-state index in [1.165, 1.54) is 0 Å². The summed E-state index contributed by atoms with van der Waals surface area (Å²) in [5, 5.41) is 13.0. The van der Waals surface area contributed by atoms with Gasteiger partial charge in [-0.15, -0.1) is 11.3 Å². The predicted molar refractivity (Wildman–Crippen MR) is 73.5 cm³/mol. The number of hydrogen-bond acceptors (Lipinski definition) is 5. The van der Waals surface area contributed by atoms with Crippen LogP contribution in [0.25, 0.3) is 10.1 Å². The Kier molecular flexibility index (Phi) is 3.72. The Bertz CT molecular complexity index is 548. The van der Waals surface area contributed by atoms with Crippen molar-refractivity contribution >= 4 is 27.1 Å². The second-order valence-electron chi connectivity index (χ2n) is 3.97. The lowest BCUT2D eigenvalue weighted by Gasteiger charge is -2.06. The molecule has 1 aromatic carbocycles. The number of nitrogens with zero attached hydrogens (tertiary/aromatic N) is 1. The zero-order chi connectivity index (χ0) is 13.1. The standard InChI is InChI=1S/C13H15NO3S/c1-8(14-15)4-10-5-9-6-11(16-2)12(17-3)7-13(9)18-10/h5-7,15H,4H2,1-3H3/b14-8+. The van der Waals surface area contributed by atoms with Crippen molar-refractivity contribution in [1.82, 2.24) is 0 Å². The smallest absolute Gasteiger partial charge is 0.162 e. The summed E-state index contributed by atoms with van der Waals surface area (Å²) in [4.78, 5) is 1.15. The number of rotatable bonds is 4. The third-order valence-corrected chi connectivity index (χ3v) is 3.77. The van der Waals surface area contributed by atoms with Crippen molar-refractivity contribution in [3.05, 3.63) is 23.1 Å². The Labute approximate surface area is 109 Å². The maximum atomic E-state index is 8.69. The lowest BCUT2D eigenvalue weighted by molar-refractivity contribution is 0.318. The van der Waals surface area contributed by atoms with Crippen LogP contribution in [0.5, 0.6) is 11.5 Å². The van der Waals surface area contributed by atoms with Gasteiger partial charge in [0.25, 0.3) is 0 Å². The highest BCUT2D eigenvalue weighted by Gasteiger charge is 2.09. The van der Waals surface area contributed by atoms with Crippen molar-refractivity contribution < 1.29 is 14.7 Å². The molecule has 0 unspecified atom stereocenters. The van der Waals surface area contributed by atoms with Crippen LogP contribution < -0.4 is 9.47 Å². The van der Waals surface area contributed by atoms with E-state index < -0.39 is 0 Å². The molecule has 0 aliphatic carbocycles. The van der Waals surface area contributed by atoms with E-state index in [4.69, 9.17) is 14.7 Å². The predicted octanol–water partition coefficient (Wildman–Crippen LogP) is 3.31. The minimum Gasteiger partial charge on any atom is -0.493 e. The number of fused-ring (bicyclic) bond motifs is 1. The summed E-state index contributed by atoms with van der Waals surface area (Å²) in [5.74, 6) is 1.45. The van der Waals surface area contributed by atoms with Gasteiger partial charge in [-0.25, -0.2) is 0 Å². The van der Waals surface area contributed by atoms with E-state index in [1.54, 1.807) is 32.5 Å². The minimum atomic E-state index is 0.653. The van der Waals surface area contributed by atoms with Crippen molar-refractivity contribution in [3.8, 4) is 11.5 Å². The van der Waals surface area contributed by atoms with Gasteiger partial charge in [-0.2, -0.15) is 0 Å². The van der Waals surface area contributed by atoms with Crippen molar-refractivity contribution in [1.29, 1.82) is 0 Å². The molecule has 5 heteroatoms. The first-order chi connectivity index (χ1) is 8.67. The average molecular weight is 265 g/mol. The summed E-state index contributed by atoms with van der Waals surface area (Å²) < 4.78 is 11.7. The van der Waals surface area contributed by atoms with Crippen LogP contribution in [0.2, 0.25) is 0 Å². The maximum Gasteiger partial charge on any atom is 0.162 e. The topological polar surface area (TPSA) is 51.0 Å². The normalized spacial score (nSPS) is 11.8. The third kappa shape index (κ3) is 2.41. The van der Waals surface area contributed by atoms with E-state index in [1.807, 2.05) is 12.1 Å². The van der Waals surface area contributed by atoms with E-state index in [2.05, 4.69) is 11.2 Å². The summed E-state index contributed by atoms with van der Waals surface area (Å²) in [6, 6.07) is 6.00. The fourth-order valence-electron chi connectivity index (χ4n) is 1.80. The van der Waals surface area contributed by atoms with Gasteiger partial charge >= 0.3 is 0 Å². The average Bonchev–Trinajstić information content (AvgIpc) is 2.77. The molecule has 0 aliphatic heterocycles. The molecule has 0 aliphatic rings. The second kappa shape index (κ2) is 5.27. The van der Waals surface area contributed by atoms with Crippen LogP contribution in [0.4, 0.5) is 0 Å². The van der Waals surface area contributed by atoms with Gasteiger partial charge in [0, 0.05) is 22.1 Å². The monoisotopic (exact) mass is 265 g/mol. The molecule has 0 spiro atoms. The molecule has 2 rings (SSSR count). The number of thiophene rings is 1. The van der Waals surface area contributed by atoms with Crippen molar-refractivity contribution in [2.24, 2.45) is 5.16 Å². The molecule has 0 atom stereocenters. The molecular formula is C13H15NO3S. The highest BCUT2D eigenvalue weighted by Crippen LogP contribution is 2.36. The molecule has 0 saturated carbocycles. The molecule has 96 valence electrons. The van der Waals surface area contributed by atoms with E-state index >= 15 is 0 Å². The fourth-order valence-corrected chi connectivity index (χ4v) is 2.95. The van der Waals surface area contributed by atoms with Crippen molar-refractivity contribution in [2.75, 3.05) is 14.2 Å². The minimum absolute atomic E-state index is 0.653. The molecule has 0 fully saturated rings. The van der Waals surface area contributed by atoms with Gasteiger partial charge in [-0.05, 0) is 24.4 Å². The first-order valence-electron chi connectivity index (χ1n) is 5.50. The molecule has 1 N–H and O–H groups in total. The van der Waals surface area contributed by atoms with Gasteiger partial charge in [-0.1, -0.05) is 5.16 Å². The Morgan fingerprint density at radius 3 is 2.50 bits per heavy atom. The number of ether oxygens (including phenoxy) is 2. The molecule has 18 heavy (non-hydrogen) atoms. The Hall–Kier alpha value is -1.75.